The fourth-order valence-electron chi connectivity index (χ4n) is 4.03. The summed E-state index contributed by atoms with van der Waals surface area (Å²) in [6.07, 6.45) is 4.32. The molecule has 4 rings (SSSR count). The van der Waals surface area contributed by atoms with Gasteiger partial charge >= 0.3 is 0 Å². The van der Waals surface area contributed by atoms with Crippen molar-refractivity contribution < 1.29 is 17.9 Å². The standard InChI is InChI=1S/C23H25N3O2S.C5H10O2/c1-17-6-3-4-9-22(17)26-11-10-24-16-23(26)19-8-5-7-18(12-19)20-13-21(15-25-14-20)29(2,27)28;1-5(2,3)7-4-6/h3-9,12-15,23-24H,10-11,16H2,1-2H3;4H,1-3H3. The number of sulfone groups is 1. The molecular weight excluding hydrogens is 474 g/mol. The van der Waals surface area contributed by atoms with E-state index in [0.29, 0.717) is 6.47 Å². The van der Waals surface area contributed by atoms with Gasteiger partial charge in [-0.2, -0.15) is 0 Å². The second kappa shape index (κ2) is 11.7. The Bertz CT molecular complexity index is 1290. The van der Waals surface area contributed by atoms with Crippen LogP contribution in [-0.2, 0) is 19.4 Å². The molecule has 8 heteroatoms. The number of benzene rings is 2. The molecule has 1 aromatic heterocycles. The van der Waals surface area contributed by atoms with Crippen LogP contribution in [0.3, 0.4) is 0 Å². The molecule has 0 amide bonds. The van der Waals surface area contributed by atoms with Gasteiger partial charge in [0.15, 0.2) is 9.84 Å². The summed E-state index contributed by atoms with van der Waals surface area (Å²) < 4.78 is 28.4. The number of carbonyl (C=O) groups is 1. The third kappa shape index (κ3) is 7.38. The van der Waals surface area contributed by atoms with Crippen molar-refractivity contribution >= 4 is 22.0 Å². The van der Waals surface area contributed by atoms with Gasteiger partial charge in [-0.1, -0.05) is 36.4 Å². The number of anilines is 1. The van der Waals surface area contributed by atoms with Crippen LogP contribution in [0.25, 0.3) is 11.1 Å². The number of pyridine rings is 1. The lowest BCUT2D eigenvalue weighted by Gasteiger charge is -2.39. The Morgan fingerprint density at radius 1 is 1.06 bits per heavy atom. The SMILES string of the molecule is CC(C)(C)OC=O.Cc1ccccc1N1CCNCC1c1cccc(-c2cncc(S(C)(=O)=O)c2)c1. The molecule has 2 heterocycles. The van der Waals surface area contributed by atoms with Crippen LogP contribution in [0.15, 0.2) is 71.9 Å². The smallest absolute Gasteiger partial charge is 0.293 e. The first kappa shape index (κ1) is 27.4. The molecule has 1 saturated heterocycles. The lowest BCUT2D eigenvalue weighted by molar-refractivity contribution is -0.138. The number of rotatable bonds is 5. The summed E-state index contributed by atoms with van der Waals surface area (Å²) in [7, 11) is -3.29. The molecule has 192 valence electrons. The highest BCUT2D eigenvalue weighted by molar-refractivity contribution is 7.90. The van der Waals surface area contributed by atoms with Crippen molar-refractivity contribution in [1.82, 2.24) is 10.3 Å². The number of hydrogen-bond donors (Lipinski definition) is 1. The van der Waals surface area contributed by atoms with Crippen LogP contribution in [0, 0.1) is 6.92 Å². The molecule has 1 atom stereocenters. The number of hydrogen-bond acceptors (Lipinski definition) is 7. The molecule has 0 saturated carbocycles. The number of carbonyl (C=O) groups excluding carboxylic acids is 1. The zero-order valence-corrected chi connectivity index (χ0v) is 22.4. The zero-order chi connectivity index (χ0) is 26.3. The van der Waals surface area contributed by atoms with E-state index in [4.69, 9.17) is 0 Å². The van der Waals surface area contributed by atoms with Crippen molar-refractivity contribution in [3.05, 3.63) is 78.1 Å². The molecule has 0 aliphatic carbocycles. The highest BCUT2D eigenvalue weighted by Crippen LogP contribution is 2.32. The van der Waals surface area contributed by atoms with Crippen LogP contribution in [0.1, 0.15) is 37.9 Å². The molecule has 7 nitrogen and oxygen atoms in total. The van der Waals surface area contributed by atoms with Gasteiger partial charge in [0.05, 0.1) is 10.9 Å². The molecule has 1 N–H and O–H groups in total. The summed E-state index contributed by atoms with van der Waals surface area (Å²) >= 11 is 0. The molecule has 0 radical (unpaired) electrons. The molecular formula is C28H35N3O4S. The molecule has 1 aliphatic rings. The number of nitrogens with zero attached hydrogens (tertiary/aromatic N) is 2. The number of para-hydroxylation sites is 1. The van der Waals surface area contributed by atoms with Crippen LogP contribution >= 0.6 is 0 Å². The topological polar surface area (TPSA) is 88.6 Å². The maximum atomic E-state index is 11.9. The van der Waals surface area contributed by atoms with E-state index in [0.717, 1.165) is 30.8 Å². The lowest BCUT2D eigenvalue weighted by Crippen LogP contribution is -2.46. The normalized spacial score (nSPS) is 16.0. The predicted octanol–water partition coefficient (Wildman–Crippen LogP) is 4.57. The Kier molecular flexibility index (Phi) is 8.87. The Morgan fingerprint density at radius 2 is 1.81 bits per heavy atom. The number of aryl methyl sites for hydroxylation is 1. The van der Waals surface area contributed by atoms with Gasteiger partial charge < -0.3 is 15.0 Å². The van der Waals surface area contributed by atoms with Crippen LogP contribution in [0.2, 0.25) is 0 Å². The quantitative estimate of drug-likeness (QED) is 0.504. The second-order valence-corrected chi connectivity index (χ2v) is 11.8. The molecule has 0 spiro atoms. The van der Waals surface area contributed by atoms with Crippen LogP contribution < -0.4 is 10.2 Å². The first-order valence-electron chi connectivity index (χ1n) is 11.9. The van der Waals surface area contributed by atoms with Crippen LogP contribution in [-0.4, -0.2) is 51.4 Å². The van der Waals surface area contributed by atoms with E-state index >= 15 is 0 Å². The maximum Gasteiger partial charge on any atom is 0.293 e. The van der Waals surface area contributed by atoms with Crippen molar-refractivity contribution in [2.75, 3.05) is 30.8 Å². The highest BCUT2D eigenvalue weighted by atomic mass is 32.2. The number of ether oxygens (including phenoxy) is 1. The summed E-state index contributed by atoms with van der Waals surface area (Å²) in [4.78, 5) is 16.4. The summed E-state index contributed by atoms with van der Waals surface area (Å²) in [5.41, 5.74) is 5.17. The summed E-state index contributed by atoms with van der Waals surface area (Å²) in [5.74, 6) is 0. The minimum atomic E-state index is -3.29. The van der Waals surface area contributed by atoms with Gasteiger partial charge in [-0.25, -0.2) is 8.42 Å². The van der Waals surface area contributed by atoms with Gasteiger partial charge in [-0.05, 0) is 62.6 Å². The predicted molar refractivity (Wildman–Crippen MR) is 144 cm³/mol. The van der Waals surface area contributed by atoms with Crippen molar-refractivity contribution in [2.45, 2.75) is 44.2 Å². The number of aromatic nitrogens is 1. The largest absolute Gasteiger partial charge is 0.462 e. The first-order chi connectivity index (χ1) is 17.0. The molecule has 3 aromatic rings. The zero-order valence-electron chi connectivity index (χ0n) is 21.6. The second-order valence-electron chi connectivity index (χ2n) is 9.83. The van der Waals surface area contributed by atoms with E-state index in [1.54, 1.807) is 12.3 Å². The fraction of sp³-hybridized carbons (Fsp3) is 0.357. The van der Waals surface area contributed by atoms with Crippen LogP contribution in [0.4, 0.5) is 5.69 Å². The fourth-order valence-corrected chi connectivity index (χ4v) is 4.62. The summed E-state index contributed by atoms with van der Waals surface area (Å²) in [6, 6.07) is 18.7. The molecule has 2 aromatic carbocycles. The number of nitrogens with one attached hydrogen (secondary N) is 1. The van der Waals surface area contributed by atoms with Crippen molar-refractivity contribution in [1.29, 1.82) is 0 Å². The van der Waals surface area contributed by atoms with Crippen molar-refractivity contribution in [2.24, 2.45) is 0 Å². The van der Waals surface area contributed by atoms with E-state index in [1.807, 2.05) is 32.9 Å². The summed E-state index contributed by atoms with van der Waals surface area (Å²) in [6.45, 7) is 10.8. The molecule has 36 heavy (non-hydrogen) atoms. The van der Waals surface area contributed by atoms with Gasteiger partial charge in [0.1, 0.15) is 5.60 Å². The summed E-state index contributed by atoms with van der Waals surface area (Å²) in [5, 5.41) is 3.51. The lowest BCUT2D eigenvalue weighted by atomic mass is 9.97. The van der Waals surface area contributed by atoms with E-state index in [1.165, 1.54) is 29.3 Å². The minimum absolute atomic E-state index is 0.204. The van der Waals surface area contributed by atoms with Crippen molar-refractivity contribution in [3.63, 3.8) is 0 Å². The molecule has 1 unspecified atom stereocenters. The van der Waals surface area contributed by atoms with Gasteiger partial charge in [0.25, 0.3) is 6.47 Å². The van der Waals surface area contributed by atoms with E-state index in [-0.39, 0.29) is 16.5 Å². The Balaban J connectivity index is 0.000000454. The monoisotopic (exact) mass is 509 g/mol. The third-order valence-electron chi connectivity index (χ3n) is 5.82. The van der Waals surface area contributed by atoms with Crippen molar-refractivity contribution in [3.8, 4) is 11.1 Å². The van der Waals surface area contributed by atoms with E-state index < -0.39 is 9.84 Å². The number of piperazine rings is 1. The first-order valence-corrected chi connectivity index (χ1v) is 13.8. The van der Waals surface area contributed by atoms with E-state index in [2.05, 4.69) is 63.3 Å². The third-order valence-corrected chi connectivity index (χ3v) is 6.90. The van der Waals surface area contributed by atoms with Crippen LogP contribution in [0.5, 0.6) is 0 Å². The molecule has 1 aliphatic heterocycles. The highest BCUT2D eigenvalue weighted by Gasteiger charge is 2.25. The van der Waals surface area contributed by atoms with Gasteiger partial charge in [0.2, 0.25) is 0 Å². The van der Waals surface area contributed by atoms with Gasteiger partial charge in [0, 0.05) is 49.5 Å². The minimum Gasteiger partial charge on any atom is -0.462 e. The molecule has 1 fully saturated rings. The Labute approximate surface area is 214 Å². The average Bonchev–Trinajstić information content (AvgIpc) is 2.84. The maximum absolute atomic E-state index is 11.9. The molecule has 0 bridgehead atoms. The average molecular weight is 510 g/mol. The Morgan fingerprint density at radius 3 is 2.44 bits per heavy atom. The Hall–Kier alpha value is -3.23. The van der Waals surface area contributed by atoms with Gasteiger partial charge in [-0.3, -0.25) is 9.78 Å². The van der Waals surface area contributed by atoms with E-state index in [9.17, 15) is 13.2 Å². The van der Waals surface area contributed by atoms with Gasteiger partial charge in [-0.15, -0.1) is 0 Å².